The molecule has 4 N–H and O–H groups in total. The van der Waals surface area contributed by atoms with Crippen molar-refractivity contribution in [2.45, 2.75) is 0 Å². The van der Waals surface area contributed by atoms with Crippen molar-refractivity contribution < 1.29 is 15.0 Å². The van der Waals surface area contributed by atoms with E-state index in [1.165, 1.54) is 11.1 Å². The minimum Gasteiger partial charge on any atom is -0.480 e. The maximum Gasteiger partial charge on any atom is 0.329 e. The molecule has 0 radical (unpaired) electrons. The van der Waals surface area contributed by atoms with Crippen LogP contribution in [0, 0.1) is 0 Å². The molecule has 0 aromatic heterocycles. The fourth-order valence-electron chi connectivity index (χ4n) is 0.819. The highest BCUT2D eigenvalue weighted by atomic mass is 16.4. The van der Waals surface area contributed by atoms with E-state index in [1.807, 2.05) is 12.1 Å². The monoisotopic (exact) mass is 167 g/mol. The SMILES string of the molecule is Nc1cc2ccc1-2.O=C(O)CO. The first kappa shape index (κ1) is 8.55. The van der Waals surface area contributed by atoms with Crippen molar-refractivity contribution in [3.8, 4) is 11.1 Å². The summed E-state index contributed by atoms with van der Waals surface area (Å²) in [4.78, 5) is 9.12. The van der Waals surface area contributed by atoms with E-state index >= 15 is 0 Å². The Morgan fingerprint density at radius 3 is 2.08 bits per heavy atom. The van der Waals surface area contributed by atoms with Crippen molar-refractivity contribution in [3.05, 3.63) is 18.2 Å². The van der Waals surface area contributed by atoms with Gasteiger partial charge in [0, 0.05) is 11.3 Å². The van der Waals surface area contributed by atoms with Crippen LogP contribution in [-0.4, -0.2) is 22.8 Å². The Hall–Kier alpha value is -1.55. The summed E-state index contributed by atoms with van der Waals surface area (Å²) in [6.45, 7) is -0.778. The summed E-state index contributed by atoms with van der Waals surface area (Å²) >= 11 is 0. The molecule has 0 heterocycles. The summed E-state index contributed by atoms with van der Waals surface area (Å²) in [7, 11) is 0. The summed E-state index contributed by atoms with van der Waals surface area (Å²) in [6.07, 6.45) is 0. The van der Waals surface area contributed by atoms with Gasteiger partial charge in [-0.15, -0.1) is 0 Å². The standard InChI is InChI=1S/C6H5N.C2H4O3/c7-6-3-4-1-2-5(4)6;3-1-2(4)5/h1-3H,7H2;3H,1H2,(H,4,5). The lowest BCUT2D eigenvalue weighted by atomic mass is 9.91. The number of carboxylic acid groups (broad SMARTS) is 1. The van der Waals surface area contributed by atoms with Gasteiger partial charge in [-0.25, -0.2) is 4.79 Å². The second-order valence-corrected chi connectivity index (χ2v) is 2.35. The Kier molecular flexibility index (Phi) is 2.30. The van der Waals surface area contributed by atoms with Gasteiger partial charge in [-0.1, -0.05) is 12.1 Å². The molecule has 2 rings (SSSR count). The van der Waals surface area contributed by atoms with E-state index in [9.17, 15) is 0 Å². The smallest absolute Gasteiger partial charge is 0.329 e. The molecular formula is C8H9NO3. The third kappa shape index (κ3) is 1.54. The van der Waals surface area contributed by atoms with Gasteiger partial charge in [-0.2, -0.15) is 0 Å². The Balaban J connectivity index is 0.000000130. The molecule has 2 aliphatic carbocycles. The number of aliphatic carboxylic acids is 1. The van der Waals surface area contributed by atoms with Crippen LogP contribution in [0.25, 0.3) is 11.1 Å². The summed E-state index contributed by atoms with van der Waals surface area (Å²) in [5.41, 5.74) is 8.92. The van der Waals surface area contributed by atoms with E-state index in [0.717, 1.165) is 5.69 Å². The molecule has 0 saturated carbocycles. The van der Waals surface area contributed by atoms with Crippen molar-refractivity contribution in [1.82, 2.24) is 0 Å². The largest absolute Gasteiger partial charge is 0.480 e. The average Bonchev–Trinajstić information content (AvgIpc) is 2.00. The predicted molar refractivity (Wildman–Crippen MR) is 44.6 cm³/mol. The molecule has 0 amide bonds. The number of carbonyl (C=O) groups is 1. The number of fused-ring (bicyclic) bond motifs is 1. The Bertz CT molecular complexity index is 309. The molecule has 0 saturated heterocycles. The van der Waals surface area contributed by atoms with E-state index in [4.69, 9.17) is 20.7 Å². The van der Waals surface area contributed by atoms with Crippen molar-refractivity contribution in [2.75, 3.05) is 12.3 Å². The molecule has 12 heavy (non-hydrogen) atoms. The van der Waals surface area contributed by atoms with E-state index in [-0.39, 0.29) is 0 Å². The number of nitrogens with two attached hydrogens (primary N) is 1. The number of hydrogen-bond donors (Lipinski definition) is 3. The van der Waals surface area contributed by atoms with Crippen LogP contribution in [0.15, 0.2) is 18.2 Å². The fraction of sp³-hybridized carbons (Fsp3) is 0.125. The summed E-state index contributed by atoms with van der Waals surface area (Å²) < 4.78 is 0. The topological polar surface area (TPSA) is 83.6 Å². The molecule has 0 unspecified atom stereocenters. The highest BCUT2D eigenvalue weighted by Crippen LogP contribution is 2.38. The molecule has 0 fully saturated rings. The highest BCUT2D eigenvalue weighted by Gasteiger charge is 2.12. The lowest BCUT2D eigenvalue weighted by molar-refractivity contribution is -0.140. The fourth-order valence-corrected chi connectivity index (χ4v) is 0.819. The lowest BCUT2D eigenvalue weighted by Gasteiger charge is -2.16. The van der Waals surface area contributed by atoms with Gasteiger partial charge in [0.25, 0.3) is 0 Å². The maximum atomic E-state index is 9.12. The number of anilines is 1. The summed E-state index contributed by atoms with van der Waals surface area (Å²) in [6, 6.07) is 6.08. The van der Waals surface area contributed by atoms with Gasteiger partial charge < -0.3 is 15.9 Å². The number of carboxylic acids is 1. The average molecular weight is 167 g/mol. The van der Waals surface area contributed by atoms with Gasteiger partial charge in [0.05, 0.1) is 0 Å². The van der Waals surface area contributed by atoms with Gasteiger partial charge in [-0.05, 0) is 11.6 Å². The van der Waals surface area contributed by atoms with Crippen molar-refractivity contribution in [2.24, 2.45) is 0 Å². The van der Waals surface area contributed by atoms with Crippen molar-refractivity contribution >= 4 is 11.7 Å². The molecule has 0 aromatic carbocycles. The zero-order chi connectivity index (χ0) is 9.14. The highest BCUT2D eigenvalue weighted by molar-refractivity contribution is 5.90. The Morgan fingerprint density at radius 1 is 1.50 bits per heavy atom. The normalized spacial score (nSPS) is 9.75. The van der Waals surface area contributed by atoms with Crippen molar-refractivity contribution in [1.29, 1.82) is 0 Å². The van der Waals surface area contributed by atoms with Crippen LogP contribution in [0.4, 0.5) is 5.69 Å². The molecule has 0 aromatic rings. The van der Waals surface area contributed by atoms with E-state index in [2.05, 4.69) is 6.07 Å². The molecule has 0 aliphatic heterocycles. The molecule has 2 aliphatic rings. The van der Waals surface area contributed by atoms with Gasteiger partial charge in [0.15, 0.2) is 0 Å². The number of aliphatic hydroxyl groups is 1. The molecule has 0 bridgehead atoms. The van der Waals surface area contributed by atoms with Crippen LogP contribution < -0.4 is 5.73 Å². The molecule has 0 spiro atoms. The molecule has 4 heteroatoms. The van der Waals surface area contributed by atoms with Crippen LogP contribution in [0.1, 0.15) is 0 Å². The molecule has 0 atom stereocenters. The first-order valence-electron chi connectivity index (χ1n) is 3.37. The quantitative estimate of drug-likeness (QED) is 0.534. The van der Waals surface area contributed by atoms with Gasteiger partial charge >= 0.3 is 5.97 Å². The van der Waals surface area contributed by atoms with Crippen LogP contribution in [-0.2, 0) is 4.79 Å². The number of benzene rings is 1. The molecular weight excluding hydrogens is 158 g/mol. The van der Waals surface area contributed by atoms with Gasteiger partial charge in [-0.3, -0.25) is 0 Å². The van der Waals surface area contributed by atoms with Crippen LogP contribution in [0.5, 0.6) is 0 Å². The van der Waals surface area contributed by atoms with Gasteiger partial charge in [0.2, 0.25) is 0 Å². The zero-order valence-corrected chi connectivity index (χ0v) is 6.32. The first-order chi connectivity index (χ1) is 5.65. The van der Waals surface area contributed by atoms with Gasteiger partial charge in [0.1, 0.15) is 6.61 Å². The zero-order valence-electron chi connectivity index (χ0n) is 6.32. The first-order valence-corrected chi connectivity index (χ1v) is 3.37. The van der Waals surface area contributed by atoms with E-state index < -0.39 is 12.6 Å². The number of hydrogen-bond acceptors (Lipinski definition) is 3. The third-order valence-corrected chi connectivity index (χ3v) is 1.50. The second kappa shape index (κ2) is 3.23. The minimum absolute atomic E-state index is 0.778. The Morgan fingerprint density at radius 2 is 2.08 bits per heavy atom. The predicted octanol–water partition coefficient (Wildman–Crippen LogP) is 0.313. The Labute approximate surface area is 69.3 Å². The van der Waals surface area contributed by atoms with Crippen molar-refractivity contribution in [3.63, 3.8) is 0 Å². The van der Waals surface area contributed by atoms with E-state index in [1.54, 1.807) is 0 Å². The van der Waals surface area contributed by atoms with Crippen LogP contribution >= 0.6 is 0 Å². The van der Waals surface area contributed by atoms with Crippen LogP contribution in [0.3, 0.4) is 0 Å². The minimum atomic E-state index is -1.19. The maximum absolute atomic E-state index is 9.12. The lowest BCUT2D eigenvalue weighted by Crippen LogP contribution is -1.98. The van der Waals surface area contributed by atoms with E-state index in [0.29, 0.717) is 0 Å². The number of nitrogen functional groups attached to an aromatic ring is 1. The second-order valence-electron chi connectivity index (χ2n) is 2.35. The summed E-state index contributed by atoms with van der Waals surface area (Å²) in [5.74, 6) is -1.19. The number of rotatable bonds is 1. The molecule has 64 valence electrons. The number of aliphatic hydroxyl groups excluding tert-OH is 1. The molecule has 4 nitrogen and oxygen atoms in total. The third-order valence-electron chi connectivity index (χ3n) is 1.50. The summed E-state index contributed by atoms with van der Waals surface area (Å²) in [5, 5.41) is 15.0. The van der Waals surface area contributed by atoms with Crippen LogP contribution in [0.2, 0.25) is 0 Å².